The van der Waals surface area contributed by atoms with Gasteiger partial charge in [0.05, 0.1) is 0 Å². The predicted molar refractivity (Wildman–Crippen MR) is 113 cm³/mol. The minimum Gasteiger partial charge on any atom is -0.484 e. The average Bonchev–Trinajstić information content (AvgIpc) is 2.66. The van der Waals surface area contributed by atoms with Gasteiger partial charge in [-0.25, -0.2) is 0 Å². The molecule has 2 N–H and O–H groups in total. The van der Waals surface area contributed by atoms with Crippen molar-refractivity contribution in [3.63, 3.8) is 0 Å². The molecule has 0 fully saturated rings. The van der Waals surface area contributed by atoms with E-state index in [1.165, 1.54) is 0 Å². The molecule has 0 atom stereocenters. The Kier molecular flexibility index (Phi) is 7.91. The lowest BCUT2D eigenvalue weighted by Gasteiger charge is -2.15. The number of hydrazine groups is 1. The number of nitrogens with one attached hydrogen (secondary N) is 2. The molecule has 29 heavy (non-hydrogen) atoms. The number of ether oxygens (including phenoxy) is 2. The molecule has 156 valence electrons. The number of benzene rings is 2. The zero-order valence-electron chi connectivity index (χ0n) is 17.4. The van der Waals surface area contributed by atoms with Crippen LogP contribution in [0.3, 0.4) is 0 Å². The zero-order valence-corrected chi connectivity index (χ0v) is 18.1. The molecule has 2 aromatic rings. The van der Waals surface area contributed by atoms with Crippen LogP contribution in [0, 0.1) is 20.8 Å². The fourth-order valence-electron chi connectivity index (χ4n) is 2.74. The summed E-state index contributed by atoms with van der Waals surface area (Å²) in [6, 6.07) is 9.40. The van der Waals surface area contributed by atoms with E-state index in [-0.39, 0.29) is 19.1 Å². The van der Waals surface area contributed by atoms with Crippen LogP contribution in [0.5, 0.6) is 11.5 Å². The lowest BCUT2D eigenvalue weighted by molar-refractivity contribution is -0.131. The molecular formula is C22H27ClN2O4. The summed E-state index contributed by atoms with van der Waals surface area (Å²) in [6.07, 6.45) is 0. The van der Waals surface area contributed by atoms with Crippen LogP contribution in [0.1, 0.15) is 42.0 Å². The maximum atomic E-state index is 12.0. The number of carbonyl (C=O) groups is 2. The minimum absolute atomic E-state index is 0.208. The van der Waals surface area contributed by atoms with Gasteiger partial charge in [-0.15, -0.1) is 0 Å². The van der Waals surface area contributed by atoms with Crippen LogP contribution < -0.4 is 20.3 Å². The number of hydrogen-bond donors (Lipinski definition) is 2. The van der Waals surface area contributed by atoms with Gasteiger partial charge in [-0.1, -0.05) is 37.6 Å². The van der Waals surface area contributed by atoms with E-state index in [1.54, 1.807) is 12.1 Å². The van der Waals surface area contributed by atoms with E-state index in [4.69, 9.17) is 21.1 Å². The normalized spacial score (nSPS) is 10.6. The van der Waals surface area contributed by atoms with E-state index in [0.29, 0.717) is 16.5 Å². The van der Waals surface area contributed by atoms with E-state index < -0.39 is 11.8 Å². The Morgan fingerprint density at radius 1 is 0.931 bits per heavy atom. The molecule has 0 aliphatic rings. The smallest absolute Gasteiger partial charge is 0.276 e. The van der Waals surface area contributed by atoms with Crippen LogP contribution in [-0.4, -0.2) is 25.0 Å². The summed E-state index contributed by atoms with van der Waals surface area (Å²) in [4.78, 5) is 23.9. The van der Waals surface area contributed by atoms with Gasteiger partial charge in [0, 0.05) is 5.02 Å². The number of amides is 2. The van der Waals surface area contributed by atoms with Gasteiger partial charge in [0.2, 0.25) is 0 Å². The van der Waals surface area contributed by atoms with Gasteiger partial charge in [-0.3, -0.25) is 20.4 Å². The topological polar surface area (TPSA) is 76.7 Å². The molecule has 0 saturated heterocycles. The van der Waals surface area contributed by atoms with E-state index in [0.717, 1.165) is 22.3 Å². The first-order valence-corrected chi connectivity index (χ1v) is 9.75. The molecule has 0 aliphatic carbocycles. The largest absolute Gasteiger partial charge is 0.484 e. The van der Waals surface area contributed by atoms with Crippen LogP contribution in [0.2, 0.25) is 5.02 Å². The van der Waals surface area contributed by atoms with Crippen LogP contribution in [0.25, 0.3) is 0 Å². The van der Waals surface area contributed by atoms with E-state index in [2.05, 4.69) is 24.7 Å². The first kappa shape index (κ1) is 22.6. The van der Waals surface area contributed by atoms with Crippen molar-refractivity contribution in [3.8, 4) is 11.5 Å². The van der Waals surface area contributed by atoms with Crippen molar-refractivity contribution in [2.45, 2.75) is 40.5 Å². The number of halogens is 1. The molecule has 0 aliphatic heterocycles. The molecule has 2 rings (SSSR count). The maximum absolute atomic E-state index is 12.0. The highest BCUT2D eigenvalue weighted by molar-refractivity contribution is 6.32. The third-order valence-corrected chi connectivity index (χ3v) is 4.87. The quantitative estimate of drug-likeness (QED) is 0.666. The lowest BCUT2D eigenvalue weighted by Crippen LogP contribution is -2.45. The summed E-state index contributed by atoms with van der Waals surface area (Å²) >= 11 is 6.11. The first-order valence-electron chi connectivity index (χ1n) is 9.38. The molecule has 0 heterocycles. The standard InChI is InChI=1S/C22H27ClN2O4/c1-13(2)18-7-6-14(3)8-19(18)29-12-21(27)25-24-20(26)11-28-17-9-15(4)22(23)16(5)10-17/h6-10,13H,11-12H2,1-5H3,(H,24,26)(H,25,27). The van der Waals surface area contributed by atoms with Crippen molar-refractivity contribution in [2.24, 2.45) is 0 Å². The number of hydrogen-bond acceptors (Lipinski definition) is 4. The number of aryl methyl sites for hydroxylation is 3. The second-order valence-corrected chi connectivity index (χ2v) is 7.62. The van der Waals surface area contributed by atoms with Gasteiger partial charge in [0.15, 0.2) is 13.2 Å². The van der Waals surface area contributed by atoms with Crippen molar-refractivity contribution in [3.05, 3.63) is 57.6 Å². The number of carbonyl (C=O) groups excluding carboxylic acids is 2. The second kappa shape index (κ2) is 10.2. The summed E-state index contributed by atoms with van der Waals surface area (Å²) < 4.78 is 11.1. The van der Waals surface area contributed by atoms with Crippen LogP contribution in [0.15, 0.2) is 30.3 Å². The predicted octanol–water partition coefficient (Wildman–Crippen LogP) is 3.99. The second-order valence-electron chi connectivity index (χ2n) is 7.24. The van der Waals surface area contributed by atoms with E-state index in [1.807, 2.05) is 39.0 Å². The van der Waals surface area contributed by atoms with E-state index >= 15 is 0 Å². The Morgan fingerprint density at radius 2 is 1.48 bits per heavy atom. The highest BCUT2D eigenvalue weighted by Crippen LogP contribution is 2.27. The molecule has 0 aromatic heterocycles. The fraction of sp³-hybridized carbons (Fsp3) is 0.364. The van der Waals surface area contributed by atoms with E-state index in [9.17, 15) is 9.59 Å². The Hall–Kier alpha value is -2.73. The van der Waals surface area contributed by atoms with Gasteiger partial charge in [-0.2, -0.15) is 0 Å². The third-order valence-electron chi connectivity index (χ3n) is 4.27. The Bertz CT molecular complexity index is 873. The monoisotopic (exact) mass is 418 g/mol. The summed E-state index contributed by atoms with van der Waals surface area (Å²) in [5.74, 6) is 0.522. The highest BCUT2D eigenvalue weighted by atomic mass is 35.5. The molecule has 6 nitrogen and oxygen atoms in total. The van der Waals surface area contributed by atoms with Gasteiger partial charge >= 0.3 is 0 Å². The highest BCUT2D eigenvalue weighted by Gasteiger charge is 2.11. The van der Waals surface area contributed by atoms with Crippen LogP contribution in [0.4, 0.5) is 0 Å². The van der Waals surface area contributed by atoms with Crippen molar-refractivity contribution in [2.75, 3.05) is 13.2 Å². The summed E-state index contributed by atoms with van der Waals surface area (Å²) in [5.41, 5.74) is 8.43. The molecule has 2 amide bonds. The number of rotatable bonds is 7. The summed E-state index contributed by atoms with van der Waals surface area (Å²) in [7, 11) is 0. The summed E-state index contributed by atoms with van der Waals surface area (Å²) in [6.45, 7) is 9.35. The van der Waals surface area contributed by atoms with Crippen LogP contribution >= 0.6 is 11.6 Å². The van der Waals surface area contributed by atoms with Gasteiger partial charge in [-0.05, 0) is 67.1 Å². The molecular weight excluding hydrogens is 392 g/mol. The summed E-state index contributed by atoms with van der Waals surface area (Å²) in [5, 5.41) is 0.670. The molecule has 0 bridgehead atoms. The van der Waals surface area contributed by atoms with Gasteiger partial charge < -0.3 is 9.47 Å². The fourth-order valence-corrected chi connectivity index (χ4v) is 2.85. The Morgan fingerprint density at radius 3 is 2.03 bits per heavy atom. The molecule has 0 spiro atoms. The van der Waals surface area contributed by atoms with Crippen molar-refractivity contribution in [1.82, 2.24) is 10.9 Å². The molecule has 7 heteroatoms. The lowest BCUT2D eigenvalue weighted by atomic mass is 10.0. The van der Waals surface area contributed by atoms with Gasteiger partial charge in [0.1, 0.15) is 11.5 Å². The SMILES string of the molecule is Cc1ccc(C(C)C)c(OCC(=O)NNC(=O)COc2cc(C)c(Cl)c(C)c2)c1. The Balaban J connectivity index is 1.79. The van der Waals surface area contributed by atoms with Crippen molar-refractivity contribution < 1.29 is 19.1 Å². The Labute approximate surface area is 176 Å². The average molecular weight is 419 g/mol. The molecule has 0 unspecified atom stereocenters. The zero-order chi connectivity index (χ0) is 21.6. The third kappa shape index (κ3) is 6.68. The minimum atomic E-state index is -0.484. The van der Waals surface area contributed by atoms with Crippen molar-refractivity contribution >= 4 is 23.4 Å². The molecule has 2 aromatic carbocycles. The van der Waals surface area contributed by atoms with Gasteiger partial charge in [0.25, 0.3) is 11.8 Å². The molecule has 0 saturated carbocycles. The molecule has 0 radical (unpaired) electrons. The first-order chi connectivity index (χ1) is 13.7. The van der Waals surface area contributed by atoms with Crippen molar-refractivity contribution in [1.29, 1.82) is 0 Å². The van der Waals surface area contributed by atoms with Crippen LogP contribution in [-0.2, 0) is 9.59 Å². The maximum Gasteiger partial charge on any atom is 0.276 e.